The van der Waals surface area contributed by atoms with Crippen LogP contribution in [0.1, 0.15) is 10.4 Å². The van der Waals surface area contributed by atoms with E-state index in [1.807, 2.05) is 0 Å². The molecular formula is C13H8ClFN2O3. The Balaban J connectivity index is 2.23. The lowest BCUT2D eigenvalue weighted by atomic mass is 10.2. The van der Waals surface area contributed by atoms with Gasteiger partial charge >= 0.3 is 0 Å². The number of carbonyl (C=O) groups excluding carboxylic acids is 1. The maximum Gasteiger partial charge on any atom is 0.271 e. The van der Waals surface area contributed by atoms with Crippen molar-refractivity contribution in [3.63, 3.8) is 0 Å². The molecule has 2 aromatic rings. The summed E-state index contributed by atoms with van der Waals surface area (Å²) < 4.78 is 13.6. The summed E-state index contributed by atoms with van der Waals surface area (Å²) in [6.45, 7) is 0. The molecule has 1 N–H and O–H groups in total. The molecule has 0 saturated heterocycles. The molecule has 0 heterocycles. The van der Waals surface area contributed by atoms with Crippen molar-refractivity contribution >= 4 is 28.9 Å². The second-order valence-corrected chi connectivity index (χ2v) is 4.32. The van der Waals surface area contributed by atoms with Crippen LogP contribution in [0.25, 0.3) is 0 Å². The third kappa shape index (κ3) is 3.10. The zero-order chi connectivity index (χ0) is 14.7. The van der Waals surface area contributed by atoms with Crippen LogP contribution >= 0.6 is 11.6 Å². The Bertz CT molecular complexity index is 691. The van der Waals surface area contributed by atoms with E-state index in [4.69, 9.17) is 11.6 Å². The van der Waals surface area contributed by atoms with E-state index in [2.05, 4.69) is 5.32 Å². The Morgan fingerprint density at radius 3 is 2.65 bits per heavy atom. The number of amides is 1. The molecule has 0 atom stereocenters. The van der Waals surface area contributed by atoms with Gasteiger partial charge in [0.25, 0.3) is 11.6 Å². The first kappa shape index (κ1) is 14.0. The van der Waals surface area contributed by atoms with Crippen LogP contribution in [0.3, 0.4) is 0 Å². The Kier molecular flexibility index (Phi) is 3.95. The maximum atomic E-state index is 13.6. The number of hydrogen-bond donors (Lipinski definition) is 1. The van der Waals surface area contributed by atoms with Gasteiger partial charge in [0, 0.05) is 22.8 Å². The molecule has 0 aromatic heterocycles. The predicted octanol–water partition coefficient (Wildman–Crippen LogP) is 3.64. The van der Waals surface area contributed by atoms with Crippen LogP contribution in [0.5, 0.6) is 0 Å². The molecule has 2 aromatic carbocycles. The lowest BCUT2D eigenvalue weighted by Crippen LogP contribution is -2.13. The highest BCUT2D eigenvalue weighted by Crippen LogP contribution is 2.19. The van der Waals surface area contributed by atoms with E-state index in [9.17, 15) is 19.3 Å². The number of non-ortho nitro benzene ring substituents is 1. The van der Waals surface area contributed by atoms with E-state index in [-0.39, 0.29) is 22.0 Å². The number of rotatable bonds is 3. The van der Waals surface area contributed by atoms with Gasteiger partial charge in [-0.2, -0.15) is 0 Å². The number of nitro groups is 1. The zero-order valence-corrected chi connectivity index (χ0v) is 10.7. The van der Waals surface area contributed by atoms with Crippen LogP contribution in [-0.2, 0) is 0 Å². The molecule has 0 aliphatic carbocycles. The Hall–Kier alpha value is -2.47. The van der Waals surface area contributed by atoms with Gasteiger partial charge in [-0.1, -0.05) is 17.7 Å². The van der Waals surface area contributed by atoms with Gasteiger partial charge in [0.15, 0.2) is 0 Å². The van der Waals surface area contributed by atoms with Gasteiger partial charge in [0.2, 0.25) is 0 Å². The normalized spacial score (nSPS) is 10.1. The quantitative estimate of drug-likeness (QED) is 0.694. The largest absolute Gasteiger partial charge is 0.322 e. The number of nitrogens with one attached hydrogen (secondary N) is 1. The average Bonchev–Trinajstić information content (AvgIpc) is 2.38. The second kappa shape index (κ2) is 5.66. The molecule has 0 saturated carbocycles. The van der Waals surface area contributed by atoms with Crippen LogP contribution in [0.2, 0.25) is 5.02 Å². The van der Waals surface area contributed by atoms with Gasteiger partial charge in [-0.15, -0.1) is 0 Å². The third-order valence-corrected chi connectivity index (χ3v) is 2.73. The van der Waals surface area contributed by atoms with Crippen molar-refractivity contribution in [2.24, 2.45) is 0 Å². The fraction of sp³-hybridized carbons (Fsp3) is 0. The summed E-state index contributed by atoms with van der Waals surface area (Å²) in [5.74, 6) is -1.47. The second-order valence-electron chi connectivity index (χ2n) is 3.89. The highest BCUT2D eigenvalue weighted by molar-refractivity contribution is 6.30. The molecule has 0 radical (unpaired) electrons. The van der Waals surface area contributed by atoms with Crippen molar-refractivity contribution in [3.05, 3.63) is 69.0 Å². The number of carbonyl (C=O) groups is 1. The van der Waals surface area contributed by atoms with Gasteiger partial charge in [0.05, 0.1) is 10.5 Å². The first-order valence-corrected chi connectivity index (χ1v) is 5.86. The predicted molar refractivity (Wildman–Crippen MR) is 72.5 cm³/mol. The summed E-state index contributed by atoms with van der Waals surface area (Å²) in [4.78, 5) is 21.9. The molecule has 0 aliphatic heterocycles. The monoisotopic (exact) mass is 294 g/mol. The van der Waals surface area contributed by atoms with E-state index in [1.165, 1.54) is 36.4 Å². The van der Waals surface area contributed by atoms with Crippen molar-refractivity contribution in [2.45, 2.75) is 0 Å². The number of hydrogen-bond acceptors (Lipinski definition) is 3. The molecular weight excluding hydrogens is 287 g/mol. The summed E-state index contributed by atoms with van der Waals surface area (Å²) >= 11 is 5.59. The molecule has 102 valence electrons. The fourth-order valence-electron chi connectivity index (χ4n) is 1.57. The lowest BCUT2D eigenvalue weighted by molar-refractivity contribution is -0.384. The first-order valence-electron chi connectivity index (χ1n) is 5.48. The smallest absolute Gasteiger partial charge is 0.271 e. The van der Waals surface area contributed by atoms with Crippen molar-refractivity contribution < 1.29 is 14.1 Å². The Labute approximate surface area is 118 Å². The molecule has 5 nitrogen and oxygen atoms in total. The minimum absolute atomic E-state index is 0.167. The molecule has 0 unspecified atom stereocenters. The molecule has 20 heavy (non-hydrogen) atoms. The van der Waals surface area contributed by atoms with E-state index in [0.717, 1.165) is 6.07 Å². The number of benzene rings is 2. The fourth-order valence-corrected chi connectivity index (χ4v) is 1.73. The summed E-state index contributed by atoms with van der Waals surface area (Å²) in [6.07, 6.45) is 0. The number of nitrogens with zero attached hydrogens (tertiary/aromatic N) is 1. The molecule has 1 amide bonds. The summed E-state index contributed by atoms with van der Waals surface area (Å²) in [5, 5.41) is 13.2. The first-order chi connectivity index (χ1) is 9.47. The minimum Gasteiger partial charge on any atom is -0.322 e. The van der Waals surface area contributed by atoms with Crippen molar-refractivity contribution in [3.8, 4) is 0 Å². The van der Waals surface area contributed by atoms with Gasteiger partial charge < -0.3 is 5.32 Å². The van der Waals surface area contributed by atoms with Gasteiger partial charge in [-0.05, 0) is 24.3 Å². The lowest BCUT2D eigenvalue weighted by Gasteiger charge is -2.06. The van der Waals surface area contributed by atoms with Crippen molar-refractivity contribution in [1.82, 2.24) is 0 Å². The van der Waals surface area contributed by atoms with Gasteiger partial charge in [0.1, 0.15) is 5.82 Å². The van der Waals surface area contributed by atoms with Gasteiger partial charge in [-0.25, -0.2) is 4.39 Å². The van der Waals surface area contributed by atoms with E-state index < -0.39 is 16.6 Å². The van der Waals surface area contributed by atoms with Crippen molar-refractivity contribution in [1.29, 1.82) is 0 Å². The van der Waals surface area contributed by atoms with Crippen LogP contribution in [0.4, 0.5) is 15.8 Å². The molecule has 7 heteroatoms. The average molecular weight is 295 g/mol. The number of halogens is 2. The topological polar surface area (TPSA) is 72.2 Å². The summed E-state index contributed by atoms with van der Waals surface area (Å²) in [5.41, 5.74) is -0.154. The van der Waals surface area contributed by atoms with Crippen LogP contribution in [0, 0.1) is 15.9 Å². The van der Waals surface area contributed by atoms with Gasteiger partial charge in [-0.3, -0.25) is 14.9 Å². The zero-order valence-electron chi connectivity index (χ0n) is 9.97. The van der Waals surface area contributed by atoms with Crippen LogP contribution < -0.4 is 5.32 Å². The standard InChI is InChI=1S/C13H8ClFN2O3/c14-8-4-5-11(12(15)6-8)13(18)16-9-2-1-3-10(7-9)17(19)20/h1-7H,(H,16,18). The molecule has 0 spiro atoms. The summed E-state index contributed by atoms with van der Waals surface area (Å²) in [6, 6.07) is 9.01. The molecule has 0 aliphatic rings. The highest BCUT2D eigenvalue weighted by atomic mass is 35.5. The number of anilines is 1. The molecule has 0 bridgehead atoms. The van der Waals surface area contributed by atoms with Crippen LogP contribution in [-0.4, -0.2) is 10.8 Å². The highest BCUT2D eigenvalue weighted by Gasteiger charge is 2.13. The van der Waals surface area contributed by atoms with Crippen molar-refractivity contribution in [2.75, 3.05) is 5.32 Å². The Morgan fingerprint density at radius 1 is 1.25 bits per heavy atom. The molecule has 0 fully saturated rings. The maximum absolute atomic E-state index is 13.6. The Morgan fingerprint density at radius 2 is 2.00 bits per heavy atom. The molecule has 2 rings (SSSR count). The summed E-state index contributed by atoms with van der Waals surface area (Å²) in [7, 11) is 0. The SMILES string of the molecule is O=C(Nc1cccc([N+](=O)[O-])c1)c1ccc(Cl)cc1F. The van der Waals surface area contributed by atoms with E-state index >= 15 is 0 Å². The van der Waals surface area contributed by atoms with E-state index in [1.54, 1.807) is 0 Å². The van der Waals surface area contributed by atoms with E-state index in [0.29, 0.717) is 0 Å². The number of nitro benzene ring substituents is 1. The van der Waals surface area contributed by atoms with Crippen LogP contribution in [0.15, 0.2) is 42.5 Å². The minimum atomic E-state index is -0.763. The third-order valence-electron chi connectivity index (χ3n) is 2.49.